The summed E-state index contributed by atoms with van der Waals surface area (Å²) in [5.74, 6) is 0.307. The number of hydrogen-bond donors (Lipinski definition) is 1. The quantitative estimate of drug-likeness (QED) is 0.811. The molecule has 138 valence electrons. The Kier molecular flexibility index (Phi) is 5.24. The third kappa shape index (κ3) is 3.86. The van der Waals surface area contributed by atoms with Gasteiger partial charge < -0.3 is 14.8 Å². The van der Waals surface area contributed by atoms with Crippen LogP contribution in [0, 0.1) is 0 Å². The number of rotatable bonds is 6. The van der Waals surface area contributed by atoms with Gasteiger partial charge in [-0.05, 0) is 31.2 Å². The SMILES string of the molecule is CCS(=O)(=O)N(CC(=O)Nc1ccccc1Cl)c1ccc2c(c1)OCO2. The van der Waals surface area contributed by atoms with Crippen molar-refractivity contribution in [2.75, 3.05) is 28.7 Å². The third-order valence-electron chi connectivity index (χ3n) is 3.78. The van der Waals surface area contributed by atoms with Gasteiger partial charge in [0.15, 0.2) is 11.5 Å². The van der Waals surface area contributed by atoms with Gasteiger partial charge in [0.25, 0.3) is 0 Å². The summed E-state index contributed by atoms with van der Waals surface area (Å²) in [6.45, 7) is 1.20. The van der Waals surface area contributed by atoms with Crippen molar-refractivity contribution >= 4 is 38.9 Å². The predicted octanol–water partition coefficient (Wildman–Crippen LogP) is 2.86. The second-order valence-corrected chi connectivity index (χ2v) is 8.06. The van der Waals surface area contributed by atoms with Gasteiger partial charge >= 0.3 is 0 Å². The van der Waals surface area contributed by atoms with Gasteiger partial charge in [0.05, 0.1) is 22.2 Å². The normalized spacial score (nSPS) is 12.7. The van der Waals surface area contributed by atoms with Crippen molar-refractivity contribution in [2.24, 2.45) is 0 Å². The van der Waals surface area contributed by atoms with Gasteiger partial charge in [-0.3, -0.25) is 9.10 Å². The van der Waals surface area contributed by atoms with E-state index in [0.717, 1.165) is 4.31 Å². The number of fused-ring (bicyclic) bond motifs is 1. The van der Waals surface area contributed by atoms with E-state index in [0.29, 0.717) is 27.9 Å². The van der Waals surface area contributed by atoms with Gasteiger partial charge in [-0.2, -0.15) is 0 Å². The summed E-state index contributed by atoms with van der Waals surface area (Å²) in [7, 11) is -3.69. The van der Waals surface area contributed by atoms with Crippen LogP contribution < -0.4 is 19.1 Å². The molecule has 3 rings (SSSR count). The molecule has 0 aliphatic carbocycles. The zero-order valence-electron chi connectivity index (χ0n) is 13.9. The van der Waals surface area contributed by atoms with Crippen LogP contribution >= 0.6 is 11.6 Å². The van der Waals surface area contributed by atoms with Crippen LogP contribution in [-0.4, -0.2) is 33.4 Å². The number of hydrogen-bond acceptors (Lipinski definition) is 5. The number of sulfonamides is 1. The Labute approximate surface area is 156 Å². The van der Waals surface area contributed by atoms with Crippen LogP contribution in [0.5, 0.6) is 11.5 Å². The second-order valence-electron chi connectivity index (χ2n) is 5.47. The van der Waals surface area contributed by atoms with E-state index >= 15 is 0 Å². The Hall–Kier alpha value is -2.45. The van der Waals surface area contributed by atoms with Crippen LogP contribution in [0.1, 0.15) is 6.92 Å². The van der Waals surface area contributed by atoms with Crippen molar-refractivity contribution < 1.29 is 22.7 Å². The number of benzene rings is 2. The number of nitrogens with zero attached hydrogens (tertiary/aromatic N) is 1. The average Bonchev–Trinajstić information content (AvgIpc) is 3.09. The Morgan fingerprint density at radius 1 is 1.19 bits per heavy atom. The molecule has 1 aliphatic heterocycles. The lowest BCUT2D eigenvalue weighted by atomic mass is 10.2. The number of carbonyl (C=O) groups is 1. The van der Waals surface area contributed by atoms with Crippen molar-refractivity contribution in [3.05, 3.63) is 47.5 Å². The summed E-state index contributed by atoms with van der Waals surface area (Å²) in [5.41, 5.74) is 0.740. The molecule has 0 unspecified atom stereocenters. The highest BCUT2D eigenvalue weighted by Gasteiger charge is 2.26. The molecule has 26 heavy (non-hydrogen) atoms. The Balaban J connectivity index is 1.85. The molecule has 0 radical (unpaired) electrons. The van der Waals surface area contributed by atoms with Crippen molar-refractivity contribution in [1.29, 1.82) is 0 Å². The summed E-state index contributed by atoms with van der Waals surface area (Å²) in [4.78, 5) is 12.4. The van der Waals surface area contributed by atoms with E-state index in [-0.39, 0.29) is 19.1 Å². The fourth-order valence-electron chi connectivity index (χ4n) is 2.43. The van der Waals surface area contributed by atoms with Crippen molar-refractivity contribution in [1.82, 2.24) is 0 Å². The number of nitrogens with one attached hydrogen (secondary N) is 1. The number of anilines is 2. The molecule has 9 heteroatoms. The molecule has 7 nitrogen and oxygen atoms in total. The first-order valence-electron chi connectivity index (χ1n) is 7.85. The maximum atomic E-state index is 12.5. The van der Waals surface area contributed by atoms with Crippen molar-refractivity contribution in [3.8, 4) is 11.5 Å². The van der Waals surface area contributed by atoms with E-state index in [1.165, 1.54) is 13.0 Å². The van der Waals surface area contributed by atoms with Crippen molar-refractivity contribution in [3.63, 3.8) is 0 Å². The Morgan fingerprint density at radius 3 is 2.65 bits per heavy atom. The molecule has 0 bridgehead atoms. The summed E-state index contributed by atoms with van der Waals surface area (Å²) >= 11 is 6.03. The fourth-order valence-corrected chi connectivity index (χ4v) is 3.67. The van der Waals surface area contributed by atoms with E-state index in [2.05, 4.69) is 5.32 Å². The summed E-state index contributed by atoms with van der Waals surface area (Å²) in [6, 6.07) is 11.5. The van der Waals surface area contributed by atoms with Crippen LogP contribution in [0.4, 0.5) is 11.4 Å². The molecule has 0 saturated heterocycles. The molecular formula is C17H17ClN2O5S. The van der Waals surface area contributed by atoms with E-state index in [1.54, 1.807) is 36.4 Å². The molecule has 1 amide bonds. The molecule has 2 aromatic rings. The number of para-hydroxylation sites is 1. The minimum atomic E-state index is -3.69. The van der Waals surface area contributed by atoms with E-state index < -0.39 is 15.9 Å². The molecule has 0 aromatic heterocycles. The third-order valence-corrected chi connectivity index (χ3v) is 5.85. The van der Waals surface area contributed by atoms with Crippen LogP contribution in [-0.2, 0) is 14.8 Å². The molecular weight excluding hydrogens is 380 g/mol. The lowest BCUT2D eigenvalue weighted by molar-refractivity contribution is -0.114. The van der Waals surface area contributed by atoms with Crippen LogP contribution in [0.2, 0.25) is 5.02 Å². The van der Waals surface area contributed by atoms with Gasteiger partial charge in [-0.15, -0.1) is 0 Å². The molecule has 0 fully saturated rings. The standard InChI is InChI=1S/C17H17ClN2O5S/c1-2-26(22,23)20(12-7-8-15-16(9-12)25-11-24-15)10-17(21)19-14-6-4-3-5-13(14)18/h3-9H,2,10-11H2,1H3,(H,19,21). The number of halogens is 1. The minimum Gasteiger partial charge on any atom is -0.454 e. The first-order valence-corrected chi connectivity index (χ1v) is 9.84. The number of amides is 1. The number of ether oxygens (including phenoxy) is 2. The van der Waals surface area contributed by atoms with Gasteiger partial charge in [0, 0.05) is 6.07 Å². The fraction of sp³-hybridized carbons (Fsp3) is 0.235. The maximum absolute atomic E-state index is 12.5. The van der Waals surface area contributed by atoms with Crippen LogP contribution in [0.25, 0.3) is 0 Å². The highest BCUT2D eigenvalue weighted by Crippen LogP contribution is 2.36. The van der Waals surface area contributed by atoms with Gasteiger partial charge in [-0.1, -0.05) is 23.7 Å². The highest BCUT2D eigenvalue weighted by atomic mass is 35.5. The molecule has 0 atom stereocenters. The zero-order valence-corrected chi connectivity index (χ0v) is 15.5. The maximum Gasteiger partial charge on any atom is 0.245 e. The largest absolute Gasteiger partial charge is 0.454 e. The monoisotopic (exact) mass is 396 g/mol. The topological polar surface area (TPSA) is 84.9 Å². The first kappa shape index (κ1) is 18.3. The van der Waals surface area contributed by atoms with Crippen LogP contribution in [0.3, 0.4) is 0 Å². The smallest absolute Gasteiger partial charge is 0.245 e. The summed E-state index contributed by atoms with van der Waals surface area (Å²) < 4.78 is 36.6. The minimum absolute atomic E-state index is 0.0757. The second kappa shape index (κ2) is 7.43. The van der Waals surface area contributed by atoms with E-state index in [9.17, 15) is 13.2 Å². The lowest BCUT2D eigenvalue weighted by Gasteiger charge is -2.23. The Bertz CT molecular complexity index is 933. The first-order chi connectivity index (χ1) is 12.4. The van der Waals surface area contributed by atoms with Crippen molar-refractivity contribution in [2.45, 2.75) is 6.92 Å². The lowest BCUT2D eigenvalue weighted by Crippen LogP contribution is -2.39. The molecule has 1 heterocycles. The van der Waals surface area contributed by atoms with E-state index in [1.807, 2.05) is 0 Å². The van der Waals surface area contributed by atoms with Gasteiger partial charge in [0.2, 0.25) is 22.7 Å². The molecule has 0 saturated carbocycles. The molecule has 1 N–H and O–H groups in total. The van der Waals surface area contributed by atoms with Gasteiger partial charge in [0.1, 0.15) is 6.54 Å². The summed E-state index contributed by atoms with van der Waals surface area (Å²) in [6.07, 6.45) is 0. The number of carbonyl (C=O) groups excluding carboxylic acids is 1. The zero-order chi connectivity index (χ0) is 18.7. The van der Waals surface area contributed by atoms with Gasteiger partial charge in [-0.25, -0.2) is 8.42 Å². The Morgan fingerprint density at radius 2 is 1.92 bits per heavy atom. The molecule has 0 spiro atoms. The van der Waals surface area contributed by atoms with E-state index in [4.69, 9.17) is 21.1 Å². The predicted molar refractivity (Wildman–Crippen MR) is 99.5 cm³/mol. The average molecular weight is 397 g/mol. The van der Waals surface area contributed by atoms with Crippen LogP contribution in [0.15, 0.2) is 42.5 Å². The molecule has 1 aliphatic rings. The summed E-state index contributed by atoms with van der Waals surface area (Å²) in [5, 5.41) is 3.00. The highest BCUT2D eigenvalue weighted by molar-refractivity contribution is 7.92. The molecule has 2 aromatic carbocycles.